The Labute approximate surface area is 200 Å². The number of rotatable bonds is 10. The van der Waals surface area contributed by atoms with Crippen molar-refractivity contribution in [1.82, 2.24) is 10.6 Å². The topological polar surface area (TPSA) is 70.6 Å². The van der Waals surface area contributed by atoms with E-state index < -0.39 is 41.2 Å². The average Bonchev–Trinajstić information content (AvgIpc) is 2.83. The second-order valence-corrected chi connectivity index (χ2v) is 8.05. The van der Waals surface area contributed by atoms with Crippen LogP contribution >= 0.6 is 0 Å². The Balaban J connectivity index is 1.72. The van der Waals surface area contributed by atoms with Crippen molar-refractivity contribution in [3.05, 3.63) is 101 Å². The third kappa shape index (κ3) is 7.80. The summed E-state index contributed by atoms with van der Waals surface area (Å²) in [4.78, 5) is 12.8. The van der Waals surface area contributed by atoms with E-state index >= 15 is 0 Å². The van der Waals surface area contributed by atoms with Crippen LogP contribution in [0.15, 0.2) is 72.8 Å². The highest BCUT2D eigenvalue weighted by atomic mass is 19.4. The van der Waals surface area contributed by atoms with E-state index in [2.05, 4.69) is 10.6 Å². The van der Waals surface area contributed by atoms with Crippen molar-refractivity contribution in [2.45, 2.75) is 31.3 Å². The van der Waals surface area contributed by atoms with E-state index in [9.17, 15) is 27.5 Å². The van der Waals surface area contributed by atoms with Gasteiger partial charge in [0.05, 0.1) is 24.8 Å². The van der Waals surface area contributed by atoms with Crippen LogP contribution in [-0.2, 0) is 19.1 Å². The molecule has 9 heteroatoms. The molecule has 0 spiro atoms. The van der Waals surface area contributed by atoms with Crippen molar-refractivity contribution >= 4 is 5.91 Å². The molecule has 3 N–H and O–H groups in total. The molecule has 1 amide bonds. The van der Waals surface area contributed by atoms with E-state index in [0.29, 0.717) is 24.4 Å². The fourth-order valence-electron chi connectivity index (χ4n) is 3.58. The van der Waals surface area contributed by atoms with Gasteiger partial charge in [-0.05, 0) is 47.9 Å². The second-order valence-electron chi connectivity index (χ2n) is 8.05. The molecule has 3 aromatic carbocycles. The van der Waals surface area contributed by atoms with E-state index in [-0.39, 0.29) is 13.0 Å². The number of carbonyl (C=O) groups excluding carboxylic acids is 1. The van der Waals surface area contributed by atoms with Gasteiger partial charge in [0.25, 0.3) is 5.91 Å². The summed E-state index contributed by atoms with van der Waals surface area (Å²) in [6.07, 6.45) is -5.67. The molecule has 0 saturated heterocycles. The number of ether oxygens (including phenoxy) is 1. The summed E-state index contributed by atoms with van der Waals surface area (Å²) in [6, 6.07) is 17.2. The van der Waals surface area contributed by atoms with Gasteiger partial charge < -0.3 is 20.5 Å². The lowest BCUT2D eigenvalue weighted by Crippen LogP contribution is -2.48. The molecule has 0 aromatic heterocycles. The van der Waals surface area contributed by atoms with Crippen LogP contribution in [0.4, 0.5) is 17.6 Å². The minimum atomic E-state index is -4.80. The third-order valence-corrected chi connectivity index (χ3v) is 5.38. The summed E-state index contributed by atoms with van der Waals surface area (Å²) >= 11 is 0. The number of aliphatic hydroxyl groups is 1. The smallest absolute Gasteiger partial charge is 0.416 e. The SMILES string of the molecule is COc1cccc(CNC[C@H](O)[C@H](Cc2ccccc2)NC(=O)c2cc(F)cc(C(F)(F)F)c2)c1. The van der Waals surface area contributed by atoms with Gasteiger partial charge in [0.1, 0.15) is 11.6 Å². The molecular formula is C26H26F4N2O3. The monoisotopic (exact) mass is 490 g/mol. The van der Waals surface area contributed by atoms with Gasteiger partial charge in [-0.15, -0.1) is 0 Å². The van der Waals surface area contributed by atoms with Crippen LogP contribution in [0.3, 0.4) is 0 Å². The van der Waals surface area contributed by atoms with Crippen molar-refractivity contribution in [2.75, 3.05) is 13.7 Å². The number of hydrogen-bond donors (Lipinski definition) is 3. The molecule has 3 rings (SSSR count). The highest BCUT2D eigenvalue weighted by Crippen LogP contribution is 2.30. The summed E-state index contributed by atoms with van der Waals surface area (Å²) in [5.41, 5.74) is -0.0193. The summed E-state index contributed by atoms with van der Waals surface area (Å²) in [7, 11) is 1.56. The summed E-state index contributed by atoms with van der Waals surface area (Å²) in [5, 5.41) is 16.5. The molecule has 3 aromatic rings. The van der Waals surface area contributed by atoms with Crippen molar-refractivity contribution in [1.29, 1.82) is 0 Å². The van der Waals surface area contributed by atoms with Crippen LogP contribution in [0, 0.1) is 5.82 Å². The van der Waals surface area contributed by atoms with Crippen molar-refractivity contribution < 1.29 is 32.2 Å². The first kappa shape index (κ1) is 26.2. The molecule has 186 valence electrons. The number of hydrogen-bond acceptors (Lipinski definition) is 4. The number of amides is 1. The van der Waals surface area contributed by atoms with Gasteiger partial charge in [0.2, 0.25) is 0 Å². The molecule has 0 aliphatic carbocycles. The molecule has 0 fully saturated rings. The normalized spacial score (nSPS) is 13.2. The zero-order chi connectivity index (χ0) is 25.4. The highest BCUT2D eigenvalue weighted by molar-refractivity contribution is 5.94. The first-order valence-electron chi connectivity index (χ1n) is 10.9. The lowest BCUT2D eigenvalue weighted by atomic mass is 10.00. The van der Waals surface area contributed by atoms with Gasteiger partial charge >= 0.3 is 6.18 Å². The lowest BCUT2D eigenvalue weighted by molar-refractivity contribution is -0.137. The summed E-state index contributed by atoms with van der Waals surface area (Å²) < 4.78 is 58.2. The summed E-state index contributed by atoms with van der Waals surface area (Å²) in [6.45, 7) is 0.505. The molecule has 0 heterocycles. The molecule has 0 aliphatic rings. The van der Waals surface area contributed by atoms with E-state index in [1.54, 1.807) is 37.4 Å². The average molecular weight is 490 g/mol. The number of nitrogens with one attached hydrogen (secondary N) is 2. The largest absolute Gasteiger partial charge is 0.497 e. The number of benzene rings is 3. The van der Waals surface area contributed by atoms with E-state index in [4.69, 9.17) is 4.74 Å². The fraction of sp³-hybridized carbons (Fsp3) is 0.269. The van der Waals surface area contributed by atoms with Gasteiger partial charge in [-0.25, -0.2) is 4.39 Å². The van der Waals surface area contributed by atoms with Gasteiger partial charge in [-0.2, -0.15) is 13.2 Å². The molecular weight excluding hydrogens is 464 g/mol. The molecule has 0 radical (unpaired) electrons. The Hall–Kier alpha value is -3.43. The predicted octanol–water partition coefficient (Wildman–Crippen LogP) is 4.34. The number of carbonyl (C=O) groups is 1. The van der Waals surface area contributed by atoms with Gasteiger partial charge in [-0.3, -0.25) is 4.79 Å². The van der Waals surface area contributed by atoms with Crippen molar-refractivity contribution in [2.24, 2.45) is 0 Å². The van der Waals surface area contributed by atoms with Gasteiger partial charge in [0, 0.05) is 18.7 Å². The summed E-state index contributed by atoms with van der Waals surface area (Å²) in [5.74, 6) is -1.40. The molecule has 0 saturated carbocycles. The second kappa shape index (κ2) is 11.8. The number of halogens is 4. The molecule has 35 heavy (non-hydrogen) atoms. The van der Waals surface area contributed by atoms with Crippen LogP contribution in [-0.4, -0.2) is 36.8 Å². The predicted molar refractivity (Wildman–Crippen MR) is 124 cm³/mol. The van der Waals surface area contributed by atoms with Crippen LogP contribution in [0.25, 0.3) is 0 Å². The molecule has 0 unspecified atom stereocenters. The van der Waals surface area contributed by atoms with Crippen molar-refractivity contribution in [3.8, 4) is 5.75 Å². The standard InChI is InChI=1S/C26H26F4N2O3/c1-35-22-9-5-8-18(10-22)15-31-16-24(33)23(11-17-6-3-2-4-7-17)32-25(34)19-12-20(26(28,29)30)14-21(27)13-19/h2-10,12-14,23-24,31,33H,11,15-16H2,1H3,(H,32,34)/t23-,24-/m0/s1. The van der Waals surface area contributed by atoms with Crippen LogP contribution in [0.1, 0.15) is 27.0 Å². The lowest BCUT2D eigenvalue weighted by Gasteiger charge is -2.25. The zero-order valence-corrected chi connectivity index (χ0v) is 19.0. The van der Waals surface area contributed by atoms with Crippen molar-refractivity contribution in [3.63, 3.8) is 0 Å². The quantitative estimate of drug-likeness (QED) is 0.370. The fourth-order valence-corrected chi connectivity index (χ4v) is 3.58. The minimum Gasteiger partial charge on any atom is -0.497 e. The maximum absolute atomic E-state index is 13.8. The maximum atomic E-state index is 13.8. The number of methoxy groups -OCH3 is 1. The zero-order valence-electron chi connectivity index (χ0n) is 19.0. The number of alkyl halides is 3. The molecule has 5 nitrogen and oxygen atoms in total. The first-order valence-corrected chi connectivity index (χ1v) is 10.9. The molecule has 0 aliphatic heterocycles. The van der Waals surface area contributed by atoms with E-state index in [1.807, 2.05) is 24.3 Å². The molecule has 0 bridgehead atoms. The number of aliphatic hydroxyl groups excluding tert-OH is 1. The van der Waals surface area contributed by atoms with Gasteiger partial charge in [0.15, 0.2) is 0 Å². The van der Waals surface area contributed by atoms with Crippen LogP contribution in [0.2, 0.25) is 0 Å². The molecule has 2 atom stereocenters. The Kier molecular flexibility index (Phi) is 8.84. The third-order valence-electron chi connectivity index (χ3n) is 5.38. The Morgan fingerprint density at radius 1 is 1.00 bits per heavy atom. The van der Waals surface area contributed by atoms with Gasteiger partial charge in [-0.1, -0.05) is 42.5 Å². The van der Waals surface area contributed by atoms with E-state index in [0.717, 1.165) is 17.2 Å². The van der Waals surface area contributed by atoms with E-state index in [1.165, 1.54) is 0 Å². The Bertz CT molecular complexity index is 1120. The van der Waals surface area contributed by atoms with Crippen LogP contribution < -0.4 is 15.4 Å². The highest BCUT2D eigenvalue weighted by Gasteiger charge is 2.32. The minimum absolute atomic E-state index is 0.0892. The first-order chi connectivity index (χ1) is 16.7. The maximum Gasteiger partial charge on any atom is 0.416 e. The van der Waals surface area contributed by atoms with Crippen LogP contribution in [0.5, 0.6) is 5.75 Å². The Morgan fingerprint density at radius 2 is 1.71 bits per heavy atom. The Morgan fingerprint density at radius 3 is 2.40 bits per heavy atom.